The standard InChI is InChI=1S/C14H10BrFN2O3/c1-8-6-10(18(20)21)3-4-11(8)14(19)17-13-5-2-9(16)7-12(13)15/h2-7H,1H3,(H,17,19). The second-order valence-corrected chi connectivity index (χ2v) is 5.19. The van der Waals surface area contributed by atoms with Gasteiger partial charge < -0.3 is 5.32 Å². The zero-order valence-corrected chi connectivity index (χ0v) is 12.5. The third-order valence-electron chi connectivity index (χ3n) is 2.84. The van der Waals surface area contributed by atoms with Gasteiger partial charge in [0.05, 0.1) is 10.6 Å². The number of benzene rings is 2. The predicted octanol–water partition coefficient (Wildman–Crippen LogP) is 4.06. The molecule has 1 N–H and O–H groups in total. The summed E-state index contributed by atoms with van der Waals surface area (Å²) in [4.78, 5) is 22.3. The zero-order chi connectivity index (χ0) is 15.6. The van der Waals surface area contributed by atoms with E-state index < -0.39 is 16.6 Å². The Labute approximate surface area is 128 Å². The fourth-order valence-electron chi connectivity index (χ4n) is 1.80. The quantitative estimate of drug-likeness (QED) is 0.668. The SMILES string of the molecule is Cc1cc([N+](=O)[O-])ccc1C(=O)Nc1ccc(F)cc1Br. The van der Waals surface area contributed by atoms with Crippen LogP contribution in [-0.2, 0) is 0 Å². The van der Waals surface area contributed by atoms with Gasteiger partial charge in [-0.3, -0.25) is 14.9 Å². The van der Waals surface area contributed by atoms with E-state index in [9.17, 15) is 19.3 Å². The molecule has 0 aliphatic heterocycles. The summed E-state index contributed by atoms with van der Waals surface area (Å²) in [6, 6.07) is 7.87. The van der Waals surface area contributed by atoms with Crippen LogP contribution in [0.1, 0.15) is 15.9 Å². The Morgan fingerprint density at radius 3 is 2.57 bits per heavy atom. The van der Waals surface area contributed by atoms with Gasteiger partial charge in [-0.05, 0) is 52.7 Å². The highest BCUT2D eigenvalue weighted by atomic mass is 79.9. The highest BCUT2D eigenvalue weighted by molar-refractivity contribution is 9.10. The third-order valence-corrected chi connectivity index (χ3v) is 3.50. The summed E-state index contributed by atoms with van der Waals surface area (Å²) in [6.07, 6.45) is 0. The first-order chi connectivity index (χ1) is 9.88. The van der Waals surface area contributed by atoms with Crippen molar-refractivity contribution in [3.05, 3.63) is 67.9 Å². The van der Waals surface area contributed by atoms with E-state index in [0.717, 1.165) is 0 Å². The average molecular weight is 353 g/mol. The van der Waals surface area contributed by atoms with Crippen molar-refractivity contribution in [3.63, 3.8) is 0 Å². The lowest BCUT2D eigenvalue weighted by Crippen LogP contribution is -2.14. The molecule has 0 saturated heterocycles. The maximum absolute atomic E-state index is 13.0. The van der Waals surface area contributed by atoms with E-state index in [-0.39, 0.29) is 5.69 Å². The van der Waals surface area contributed by atoms with Crippen molar-refractivity contribution >= 4 is 33.2 Å². The molecule has 0 bridgehead atoms. The van der Waals surface area contributed by atoms with E-state index in [1.54, 1.807) is 6.92 Å². The second kappa shape index (κ2) is 6.01. The molecule has 1 amide bonds. The predicted molar refractivity (Wildman–Crippen MR) is 79.9 cm³/mol. The van der Waals surface area contributed by atoms with Gasteiger partial charge in [0, 0.05) is 22.2 Å². The highest BCUT2D eigenvalue weighted by Crippen LogP contribution is 2.24. The second-order valence-electron chi connectivity index (χ2n) is 4.33. The van der Waals surface area contributed by atoms with Crippen LogP contribution in [-0.4, -0.2) is 10.8 Å². The number of aryl methyl sites for hydroxylation is 1. The Morgan fingerprint density at radius 2 is 2.00 bits per heavy atom. The summed E-state index contributed by atoms with van der Waals surface area (Å²) in [7, 11) is 0. The van der Waals surface area contributed by atoms with Gasteiger partial charge in [-0.1, -0.05) is 0 Å². The number of nitrogens with zero attached hydrogens (tertiary/aromatic N) is 1. The number of non-ortho nitro benzene ring substituents is 1. The molecule has 21 heavy (non-hydrogen) atoms. The molecule has 7 heteroatoms. The van der Waals surface area contributed by atoms with E-state index in [0.29, 0.717) is 21.3 Å². The minimum Gasteiger partial charge on any atom is -0.321 e. The molecule has 0 aliphatic rings. The zero-order valence-electron chi connectivity index (χ0n) is 10.9. The smallest absolute Gasteiger partial charge is 0.269 e. The molecule has 0 fully saturated rings. The number of carbonyl (C=O) groups is 1. The number of rotatable bonds is 3. The molecular weight excluding hydrogens is 343 g/mol. The van der Waals surface area contributed by atoms with Gasteiger partial charge in [0.2, 0.25) is 0 Å². The summed E-state index contributed by atoms with van der Waals surface area (Å²) < 4.78 is 13.4. The van der Waals surface area contributed by atoms with Crippen molar-refractivity contribution in [2.75, 3.05) is 5.32 Å². The molecule has 2 aromatic carbocycles. The molecule has 0 heterocycles. The molecule has 5 nitrogen and oxygen atoms in total. The lowest BCUT2D eigenvalue weighted by Gasteiger charge is -2.09. The van der Waals surface area contributed by atoms with Crippen LogP contribution in [0, 0.1) is 22.9 Å². The average Bonchev–Trinajstić information content (AvgIpc) is 2.41. The number of nitro benzene ring substituents is 1. The number of hydrogen-bond donors (Lipinski definition) is 1. The molecular formula is C14H10BrFN2O3. The summed E-state index contributed by atoms with van der Waals surface area (Å²) in [5, 5.41) is 13.3. The van der Waals surface area contributed by atoms with Crippen molar-refractivity contribution in [2.24, 2.45) is 0 Å². The molecule has 2 aromatic rings. The first kappa shape index (κ1) is 15.1. The van der Waals surface area contributed by atoms with Gasteiger partial charge in [0.15, 0.2) is 0 Å². The summed E-state index contributed by atoms with van der Waals surface area (Å²) in [5.41, 5.74) is 1.14. The molecule has 0 radical (unpaired) electrons. The van der Waals surface area contributed by atoms with Crippen LogP contribution in [0.5, 0.6) is 0 Å². The Balaban J connectivity index is 2.26. The summed E-state index contributed by atoms with van der Waals surface area (Å²) in [6.45, 7) is 1.61. The fourth-order valence-corrected chi connectivity index (χ4v) is 2.25. The molecule has 0 atom stereocenters. The minimum absolute atomic E-state index is 0.0768. The number of carbonyl (C=O) groups excluding carboxylic acids is 1. The summed E-state index contributed by atoms with van der Waals surface area (Å²) in [5.74, 6) is -0.846. The van der Waals surface area contributed by atoms with Gasteiger partial charge in [0.1, 0.15) is 5.82 Å². The highest BCUT2D eigenvalue weighted by Gasteiger charge is 2.14. The lowest BCUT2D eigenvalue weighted by molar-refractivity contribution is -0.384. The van der Waals surface area contributed by atoms with E-state index in [2.05, 4.69) is 21.2 Å². The summed E-state index contributed by atoms with van der Waals surface area (Å²) >= 11 is 3.15. The number of hydrogen-bond acceptors (Lipinski definition) is 3. The Bertz CT molecular complexity index is 734. The number of amides is 1. The Kier molecular flexibility index (Phi) is 4.32. The van der Waals surface area contributed by atoms with Gasteiger partial charge >= 0.3 is 0 Å². The minimum atomic E-state index is -0.523. The van der Waals surface area contributed by atoms with Crippen LogP contribution in [0.15, 0.2) is 40.9 Å². The molecule has 0 spiro atoms. The topological polar surface area (TPSA) is 72.2 Å². The van der Waals surface area contributed by atoms with Crippen molar-refractivity contribution < 1.29 is 14.1 Å². The van der Waals surface area contributed by atoms with Crippen LogP contribution in [0.4, 0.5) is 15.8 Å². The number of halogens is 2. The van der Waals surface area contributed by atoms with Crippen LogP contribution >= 0.6 is 15.9 Å². The van der Waals surface area contributed by atoms with E-state index in [4.69, 9.17) is 0 Å². The molecule has 108 valence electrons. The number of nitrogens with one attached hydrogen (secondary N) is 1. The molecule has 0 unspecified atom stereocenters. The third kappa shape index (κ3) is 3.43. The van der Waals surface area contributed by atoms with Gasteiger partial charge in [-0.15, -0.1) is 0 Å². The first-order valence-corrected chi connectivity index (χ1v) is 6.69. The Hall–Kier alpha value is -2.28. The van der Waals surface area contributed by atoms with E-state index >= 15 is 0 Å². The van der Waals surface area contributed by atoms with Crippen molar-refractivity contribution in [1.82, 2.24) is 0 Å². The van der Waals surface area contributed by atoms with Gasteiger partial charge in [0.25, 0.3) is 11.6 Å². The normalized spacial score (nSPS) is 10.2. The fraction of sp³-hybridized carbons (Fsp3) is 0.0714. The monoisotopic (exact) mass is 352 g/mol. The number of anilines is 1. The number of nitro groups is 1. The van der Waals surface area contributed by atoms with Crippen molar-refractivity contribution in [2.45, 2.75) is 6.92 Å². The van der Waals surface area contributed by atoms with Crippen molar-refractivity contribution in [3.8, 4) is 0 Å². The van der Waals surface area contributed by atoms with Gasteiger partial charge in [-0.25, -0.2) is 4.39 Å². The largest absolute Gasteiger partial charge is 0.321 e. The van der Waals surface area contributed by atoms with Crippen LogP contribution in [0.3, 0.4) is 0 Å². The molecule has 0 aliphatic carbocycles. The van der Waals surface area contributed by atoms with E-state index in [1.165, 1.54) is 36.4 Å². The maximum atomic E-state index is 13.0. The maximum Gasteiger partial charge on any atom is 0.269 e. The molecule has 2 rings (SSSR count). The lowest BCUT2D eigenvalue weighted by atomic mass is 10.1. The molecule has 0 saturated carbocycles. The molecule has 0 aromatic heterocycles. The van der Waals surface area contributed by atoms with Crippen LogP contribution in [0.25, 0.3) is 0 Å². The van der Waals surface area contributed by atoms with Gasteiger partial charge in [-0.2, -0.15) is 0 Å². The van der Waals surface area contributed by atoms with Crippen LogP contribution < -0.4 is 5.32 Å². The van der Waals surface area contributed by atoms with Crippen LogP contribution in [0.2, 0.25) is 0 Å². The first-order valence-electron chi connectivity index (χ1n) is 5.90. The van der Waals surface area contributed by atoms with E-state index in [1.807, 2.05) is 0 Å². The van der Waals surface area contributed by atoms with Crippen molar-refractivity contribution in [1.29, 1.82) is 0 Å². The Morgan fingerprint density at radius 1 is 1.29 bits per heavy atom.